The van der Waals surface area contributed by atoms with Gasteiger partial charge in [-0.15, -0.1) is 11.6 Å². The van der Waals surface area contributed by atoms with Gasteiger partial charge in [0.15, 0.2) is 0 Å². The van der Waals surface area contributed by atoms with Crippen molar-refractivity contribution in [3.8, 4) is 5.75 Å². The maximum Gasteiger partial charge on any atom is 0.123 e. The average Bonchev–Trinajstić information content (AvgIpc) is 2.68. The molecule has 3 unspecified atom stereocenters. The summed E-state index contributed by atoms with van der Waals surface area (Å²) in [6, 6.07) is 8.70. The van der Waals surface area contributed by atoms with Crippen molar-refractivity contribution < 1.29 is 4.74 Å². The molecule has 1 N–H and O–H groups in total. The van der Waals surface area contributed by atoms with Gasteiger partial charge in [-0.25, -0.2) is 0 Å². The SMILES string of the molecule is CC(Cl)CC(C)NCC1Cc2ccccc2O1. The van der Waals surface area contributed by atoms with Crippen LogP contribution in [0, 0.1) is 0 Å². The third-order valence-electron chi connectivity index (χ3n) is 3.09. The number of halogens is 1. The quantitative estimate of drug-likeness (QED) is 0.815. The zero-order valence-corrected chi connectivity index (χ0v) is 11.2. The number of hydrogen-bond acceptors (Lipinski definition) is 2. The summed E-state index contributed by atoms with van der Waals surface area (Å²) in [6.07, 6.45) is 2.26. The van der Waals surface area contributed by atoms with Crippen LogP contribution in [0.2, 0.25) is 0 Å². The Morgan fingerprint density at radius 3 is 2.88 bits per heavy atom. The number of ether oxygens (including phenoxy) is 1. The lowest BCUT2D eigenvalue weighted by molar-refractivity contribution is 0.221. The molecular weight excluding hydrogens is 234 g/mol. The van der Waals surface area contributed by atoms with E-state index in [-0.39, 0.29) is 11.5 Å². The highest BCUT2D eigenvalue weighted by atomic mass is 35.5. The fourth-order valence-corrected chi connectivity index (χ4v) is 2.54. The van der Waals surface area contributed by atoms with Crippen LogP contribution in [0.4, 0.5) is 0 Å². The maximum atomic E-state index is 5.97. The predicted octanol–water partition coefficient (Wildman–Crippen LogP) is 2.99. The largest absolute Gasteiger partial charge is 0.488 e. The molecule has 2 rings (SSSR count). The van der Waals surface area contributed by atoms with E-state index in [0.717, 1.165) is 25.1 Å². The second-order valence-corrected chi connectivity index (χ2v) is 5.62. The van der Waals surface area contributed by atoms with E-state index in [0.29, 0.717) is 6.04 Å². The lowest BCUT2D eigenvalue weighted by Crippen LogP contribution is -2.36. The fourth-order valence-electron chi connectivity index (χ4n) is 2.27. The van der Waals surface area contributed by atoms with Gasteiger partial charge in [-0.3, -0.25) is 0 Å². The lowest BCUT2D eigenvalue weighted by Gasteiger charge is -2.18. The van der Waals surface area contributed by atoms with Crippen LogP contribution in [-0.4, -0.2) is 24.1 Å². The van der Waals surface area contributed by atoms with Crippen molar-refractivity contribution in [2.45, 2.75) is 44.2 Å². The minimum atomic E-state index is 0.221. The minimum absolute atomic E-state index is 0.221. The molecule has 1 aromatic rings. The Morgan fingerprint density at radius 1 is 1.41 bits per heavy atom. The van der Waals surface area contributed by atoms with Crippen LogP contribution in [0.5, 0.6) is 5.75 Å². The van der Waals surface area contributed by atoms with Gasteiger partial charge in [0.05, 0.1) is 0 Å². The molecule has 0 fully saturated rings. The summed E-state index contributed by atoms with van der Waals surface area (Å²) in [5.74, 6) is 1.04. The molecule has 17 heavy (non-hydrogen) atoms. The molecule has 1 aliphatic heterocycles. The zero-order valence-electron chi connectivity index (χ0n) is 10.4. The Hall–Kier alpha value is -0.730. The van der Waals surface area contributed by atoms with Crippen LogP contribution in [0.3, 0.4) is 0 Å². The van der Waals surface area contributed by atoms with E-state index in [9.17, 15) is 0 Å². The van der Waals surface area contributed by atoms with Crippen molar-refractivity contribution in [3.05, 3.63) is 29.8 Å². The Morgan fingerprint density at radius 2 is 2.18 bits per heavy atom. The molecule has 0 spiro atoms. The van der Waals surface area contributed by atoms with Gasteiger partial charge >= 0.3 is 0 Å². The molecular formula is C14H20ClNO. The molecule has 3 atom stereocenters. The molecule has 0 amide bonds. The van der Waals surface area contributed by atoms with Crippen molar-refractivity contribution in [1.82, 2.24) is 5.32 Å². The van der Waals surface area contributed by atoms with E-state index in [4.69, 9.17) is 16.3 Å². The second kappa shape index (κ2) is 5.74. The van der Waals surface area contributed by atoms with Crippen molar-refractivity contribution in [2.24, 2.45) is 0 Å². The minimum Gasteiger partial charge on any atom is -0.488 e. The van der Waals surface area contributed by atoms with E-state index in [1.165, 1.54) is 5.56 Å². The molecule has 0 aromatic heterocycles. The van der Waals surface area contributed by atoms with E-state index < -0.39 is 0 Å². The number of alkyl halides is 1. The molecule has 1 aliphatic rings. The van der Waals surface area contributed by atoms with Crippen LogP contribution >= 0.6 is 11.6 Å². The molecule has 0 saturated carbocycles. The average molecular weight is 254 g/mol. The summed E-state index contributed by atoms with van der Waals surface area (Å²) < 4.78 is 5.87. The van der Waals surface area contributed by atoms with Crippen molar-refractivity contribution in [1.29, 1.82) is 0 Å². The van der Waals surface area contributed by atoms with Crippen molar-refractivity contribution in [3.63, 3.8) is 0 Å². The molecule has 1 aromatic carbocycles. The zero-order chi connectivity index (χ0) is 12.3. The number of hydrogen-bond donors (Lipinski definition) is 1. The second-order valence-electron chi connectivity index (χ2n) is 4.88. The molecule has 2 nitrogen and oxygen atoms in total. The fraction of sp³-hybridized carbons (Fsp3) is 0.571. The number of fused-ring (bicyclic) bond motifs is 1. The Balaban J connectivity index is 1.76. The number of para-hydroxylation sites is 1. The van der Waals surface area contributed by atoms with Gasteiger partial charge in [0.25, 0.3) is 0 Å². The van der Waals surface area contributed by atoms with E-state index in [1.807, 2.05) is 19.1 Å². The van der Waals surface area contributed by atoms with Gasteiger partial charge in [0.1, 0.15) is 11.9 Å². The summed E-state index contributed by atoms with van der Waals surface area (Å²) in [5.41, 5.74) is 1.32. The highest BCUT2D eigenvalue weighted by molar-refractivity contribution is 6.20. The van der Waals surface area contributed by atoms with E-state index in [2.05, 4.69) is 24.4 Å². The normalized spacial score (nSPS) is 21.7. The van der Waals surface area contributed by atoms with Gasteiger partial charge in [-0.2, -0.15) is 0 Å². The summed E-state index contributed by atoms with van der Waals surface area (Å²) in [4.78, 5) is 0. The summed E-state index contributed by atoms with van der Waals surface area (Å²) in [7, 11) is 0. The van der Waals surface area contributed by atoms with Gasteiger partial charge in [-0.1, -0.05) is 18.2 Å². The smallest absolute Gasteiger partial charge is 0.123 e. The van der Waals surface area contributed by atoms with Crippen molar-refractivity contribution >= 4 is 11.6 Å². The monoisotopic (exact) mass is 253 g/mol. The first-order valence-corrected chi connectivity index (χ1v) is 6.71. The van der Waals surface area contributed by atoms with Crippen molar-refractivity contribution in [2.75, 3.05) is 6.54 Å². The van der Waals surface area contributed by atoms with Gasteiger partial charge in [0.2, 0.25) is 0 Å². The molecule has 94 valence electrons. The molecule has 0 aliphatic carbocycles. The highest BCUT2D eigenvalue weighted by Gasteiger charge is 2.22. The van der Waals surface area contributed by atoms with Crippen LogP contribution in [-0.2, 0) is 6.42 Å². The number of benzene rings is 1. The third kappa shape index (κ3) is 3.62. The summed E-state index contributed by atoms with van der Waals surface area (Å²) >= 11 is 5.97. The van der Waals surface area contributed by atoms with Crippen LogP contribution in [0.25, 0.3) is 0 Å². The first-order chi connectivity index (χ1) is 8.15. The van der Waals surface area contributed by atoms with Crippen LogP contribution in [0.15, 0.2) is 24.3 Å². The molecule has 3 heteroatoms. The summed E-state index contributed by atoms with van der Waals surface area (Å²) in [6.45, 7) is 5.09. The first kappa shape index (κ1) is 12.7. The standard InChI is InChI=1S/C14H20ClNO/c1-10(15)7-11(2)16-9-13-8-12-5-3-4-6-14(12)17-13/h3-6,10-11,13,16H,7-9H2,1-2H3. The van der Waals surface area contributed by atoms with Gasteiger partial charge < -0.3 is 10.1 Å². The lowest BCUT2D eigenvalue weighted by atomic mass is 10.1. The Bertz CT molecular complexity index is 342. The first-order valence-electron chi connectivity index (χ1n) is 6.27. The van der Waals surface area contributed by atoms with Gasteiger partial charge in [0, 0.05) is 24.4 Å². The predicted molar refractivity (Wildman–Crippen MR) is 72.0 cm³/mol. The Kier molecular flexibility index (Phi) is 4.30. The summed E-state index contributed by atoms with van der Waals surface area (Å²) in [5, 5.41) is 3.70. The highest BCUT2D eigenvalue weighted by Crippen LogP contribution is 2.27. The third-order valence-corrected chi connectivity index (χ3v) is 3.26. The topological polar surface area (TPSA) is 21.3 Å². The molecule has 0 saturated heterocycles. The molecule has 1 heterocycles. The molecule has 0 radical (unpaired) electrons. The van der Waals surface area contributed by atoms with E-state index in [1.54, 1.807) is 0 Å². The maximum absolute atomic E-state index is 5.97. The van der Waals surface area contributed by atoms with Crippen LogP contribution < -0.4 is 10.1 Å². The Labute approximate surface area is 108 Å². The van der Waals surface area contributed by atoms with Gasteiger partial charge in [-0.05, 0) is 31.9 Å². The van der Waals surface area contributed by atoms with E-state index >= 15 is 0 Å². The molecule has 0 bridgehead atoms. The van der Waals surface area contributed by atoms with Crippen LogP contribution in [0.1, 0.15) is 25.8 Å². The number of rotatable bonds is 5. The number of nitrogens with one attached hydrogen (secondary N) is 1.